The Bertz CT molecular complexity index is 822. The second kappa shape index (κ2) is 6.43. The molecule has 0 aliphatic carbocycles. The molecule has 122 valence electrons. The lowest BCUT2D eigenvalue weighted by Crippen LogP contribution is -2.48. The number of hydrogen-bond acceptors (Lipinski definition) is 3. The number of piperazine rings is 1. The molecule has 1 fully saturated rings. The normalized spacial score (nSPS) is 17.4. The topological polar surface area (TPSA) is 40.6 Å². The Balaban J connectivity index is 1.79. The molecule has 5 heteroatoms. The van der Waals surface area contributed by atoms with E-state index in [0.29, 0.717) is 18.0 Å². The van der Waals surface area contributed by atoms with Gasteiger partial charge in [-0.1, -0.05) is 42.5 Å². The van der Waals surface area contributed by atoms with Crippen molar-refractivity contribution in [3.05, 3.63) is 54.6 Å². The van der Waals surface area contributed by atoms with Gasteiger partial charge < -0.3 is 0 Å². The van der Waals surface area contributed by atoms with Gasteiger partial charge in [-0.05, 0) is 29.8 Å². The van der Waals surface area contributed by atoms with Crippen LogP contribution in [-0.2, 0) is 10.0 Å². The molecule has 0 amide bonds. The van der Waals surface area contributed by atoms with E-state index < -0.39 is 10.0 Å². The summed E-state index contributed by atoms with van der Waals surface area (Å²) >= 11 is 0. The molecule has 1 aliphatic heterocycles. The van der Waals surface area contributed by atoms with Crippen LogP contribution in [0.15, 0.2) is 59.5 Å². The Morgan fingerprint density at radius 1 is 1.04 bits per heavy atom. The standard InChI is InChI=1S/C18H22N2O2S/c1-15(2)14-19-9-11-20(12-10-19)23(21,22)18-8-7-16-5-3-4-6-17(16)13-18/h3-8,13H,1,9-12,14H2,2H3. The molecule has 2 aromatic carbocycles. The summed E-state index contributed by atoms with van der Waals surface area (Å²) in [6, 6.07) is 13.2. The van der Waals surface area contributed by atoms with Crippen molar-refractivity contribution in [1.29, 1.82) is 0 Å². The van der Waals surface area contributed by atoms with Gasteiger partial charge in [0.1, 0.15) is 0 Å². The van der Waals surface area contributed by atoms with E-state index in [1.165, 1.54) is 0 Å². The summed E-state index contributed by atoms with van der Waals surface area (Å²) in [7, 11) is -3.42. The van der Waals surface area contributed by atoms with Crippen LogP contribution in [0.5, 0.6) is 0 Å². The Hall–Kier alpha value is -1.69. The van der Waals surface area contributed by atoms with E-state index in [0.717, 1.165) is 36.0 Å². The summed E-state index contributed by atoms with van der Waals surface area (Å²) in [5.41, 5.74) is 1.11. The molecule has 1 saturated heterocycles. The third-order valence-corrected chi connectivity index (χ3v) is 6.08. The first-order chi connectivity index (χ1) is 11.0. The maximum absolute atomic E-state index is 12.8. The maximum Gasteiger partial charge on any atom is 0.243 e. The number of hydrogen-bond donors (Lipinski definition) is 0. The third kappa shape index (κ3) is 3.47. The fourth-order valence-corrected chi connectivity index (χ4v) is 4.44. The number of rotatable bonds is 4. The zero-order chi connectivity index (χ0) is 16.4. The number of nitrogens with zero attached hydrogens (tertiary/aromatic N) is 2. The molecule has 0 spiro atoms. The molecular weight excluding hydrogens is 308 g/mol. The Morgan fingerprint density at radius 3 is 2.35 bits per heavy atom. The molecule has 0 radical (unpaired) electrons. The number of benzene rings is 2. The summed E-state index contributed by atoms with van der Waals surface area (Å²) < 4.78 is 27.3. The highest BCUT2D eigenvalue weighted by Gasteiger charge is 2.28. The van der Waals surface area contributed by atoms with Gasteiger partial charge in [-0.2, -0.15) is 4.31 Å². The van der Waals surface area contributed by atoms with Gasteiger partial charge in [0.15, 0.2) is 0 Å². The molecule has 1 aliphatic rings. The number of sulfonamides is 1. The molecule has 3 rings (SSSR count). The van der Waals surface area contributed by atoms with Crippen LogP contribution < -0.4 is 0 Å². The molecule has 23 heavy (non-hydrogen) atoms. The first-order valence-corrected chi connectivity index (χ1v) is 9.26. The highest BCUT2D eigenvalue weighted by atomic mass is 32.2. The van der Waals surface area contributed by atoms with E-state index in [2.05, 4.69) is 11.5 Å². The fourth-order valence-electron chi connectivity index (χ4n) is 2.99. The van der Waals surface area contributed by atoms with E-state index >= 15 is 0 Å². The Labute approximate surface area is 138 Å². The van der Waals surface area contributed by atoms with Gasteiger partial charge in [0.05, 0.1) is 4.90 Å². The van der Waals surface area contributed by atoms with E-state index in [-0.39, 0.29) is 0 Å². The minimum atomic E-state index is -3.42. The summed E-state index contributed by atoms with van der Waals surface area (Å²) in [5.74, 6) is 0. The summed E-state index contributed by atoms with van der Waals surface area (Å²) in [5, 5.41) is 2.01. The molecule has 4 nitrogen and oxygen atoms in total. The van der Waals surface area contributed by atoms with Crippen LogP contribution in [0.25, 0.3) is 10.8 Å². The van der Waals surface area contributed by atoms with E-state index in [1.807, 2.05) is 37.3 Å². The van der Waals surface area contributed by atoms with Crippen LogP contribution in [0.4, 0.5) is 0 Å². The van der Waals surface area contributed by atoms with Crippen molar-refractivity contribution in [2.45, 2.75) is 11.8 Å². The predicted octanol–water partition coefficient (Wildman–Crippen LogP) is 2.72. The maximum atomic E-state index is 12.8. The average Bonchev–Trinajstić information content (AvgIpc) is 2.54. The second-order valence-electron chi connectivity index (χ2n) is 6.15. The van der Waals surface area contributed by atoms with Crippen molar-refractivity contribution in [3.8, 4) is 0 Å². The van der Waals surface area contributed by atoms with Crippen LogP contribution >= 0.6 is 0 Å². The molecule has 0 atom stereocenters. The van der Waals surface area contributed by atoms with Gasteiger partial charge in [0, 0.05) is 32.7 Å². The second-order valence-corrected chi connectivity index (χ2v) is 8.08. The highest BCUT2D eigenvalue weighted by Crippen LogP contribution is 2.22. The monoisotopic (exact) mass is 330 g/mol. The van der Waals surface area contributed by atoms with Crippen molar-refractivity contribution < 1.29 is 8.42 Å². The van der Waals surface area contributed by atoms with Gasteiger partial charge in [0.2, 0.25) is 10.0 Å². The lowest BCUT2D eigenvalue weighted by Gasteiger charge is -2.34. The van der Waals surface area contributed by atoms with Crippen molar-refractivity contribution in [2.75, 3.05) is 32.7 Å². The minimum Gasteiger partial charge on any atom is -0.297 e. The summed E-state index contributed by atoms with van der Waals surface area (Å²) in [6.45, 7) is 9.32. The zero-order valence-electron chi connectivity index (χ0n) is 13.4. The van der Waals surface area contributed by atoms with Crippen molar-refractivity contribution in [1.82, 2.24) is 9.21 Å². The Morgan fingerprint density at radius 2 is 1.70 bits per heavy atom. The molecule has 2 aromatic rings. The molecule has 0 N–H and O–H groups in total. The van der Waals surface area contributed by atoms with Gasteiger partial charge in [0.25, 0.3) is 0 Å². The van der Waals surface area contributed by atoms with E-state index in [9.17, 15) is 8.42 Å². The summed E-state index contributed by atoms with van der Waals surface area (Å²) in [6.07, 6.45) is 0. The largest absolute Gasteiger partial charge is 0.297 e. The molecule has 0 aromatic heterocycles. The molecule has 1 heterocycles. The van der Waals surface area contributed by atoms with E-state index in [1.54, 1.807) is 16.4 Å². The van der Waals surface area contributed by atoms with Gasteiger partial charge in [-0.15, -0.1) is 0 Å². The minimum absolute atomic E-state index is 0.379. The van der Waals surface area contributed by atoms with Crippen LogP contribution in [0.1, 0.15) is 6.92 Å². The van der Waals surface area contributed by atoms with Crippen LogP contribution in [0.3, 0.4) is 0 Å². The van der Waals surface area contributed by atoms with Crippen LogP contribution in [0.2, 0.25) is 0 Å². The SMILES string of the molecule is C=C(C)CN1CCN(S(=O)(=O)c2ccc3ccccc3c2)CC1. The first kappa shape index (κ1) is 16.2. The smallest absolute Gasteiger partial charge is 0.243 e. The van der Waals surface area contributed by atoms with E-state index in [4.69, 9.17) is 0 Å². The van der Waals surface area contributed by atoms with Gasteiger partial charge in [-0.25, -0.2) is 8.42 Å². The fraction of sp³-hybridized carbons (Fsp3) is 0.333. The Kier molecular flexibility index (Phi) is 4.53. The van der Waals surface area contributed by atoms with Crippen molar-refractivity contribution in [2.24, 2.45) is 0 Å². The molecule has 0 unspecified atom stereocenters. The van der Waals surface area contributed by atoms with Crippen LogP contribution in [-0.4, -0.2) is 50.3 Å². The first-order valence-electron chi connectivity index (χ1n) is 7.82. The average molecular weight is 330 g/mol. The molecule has 0 bridgehead atoms. The quantitative estimate of drug-likeness (QED) is 0.809. The van der Waals surface area contributed by atoms with Crippen molar-refractivity contribution >= 4 is 20.8 Å². The summed E-state index contributed by atoms with van der Waals surface area (Å²) in [4.78, 5) is 2.62. The lowest BCUT2D eigenvalue weighted by molar-refractivity contribution is 0.201. The number of fused-ring (bicyclic) bond motifs is 1. The molecular formula is C18H22N2O2S. The third-order valence-electron chi connectivity index (χ3n) is 4.18. The van der Waals surface area contributed by atoms with Gasteiger partial charge in [-0.3, -0.25) is 4.90 Å². The lowest BCUT2D eigenvalue weighted by atomic mass is 10.1. The predicted molar refractivity (Wildman–Crippen MR) is 94.0 cm³/mol. The molecule has 0 saturated carbocycles. The van der Waals surface area contributed by atoms with Gasteiger partial charge >= 0.3 is 0 Å². The van der Waals surface area contributed by atoms with Crippen molar-refractivity contribution in [3.63, 3.8) is 0 Å². The van der Waals surface area contributed by atoms with Crippen LogP contribution in [0, 0.1) is 0 Å². The highest BCUT2D eigenvalue weighted by molar-refractivity contribution is 7.89. The zero-order valence-corrected chi connectivity index (χ0v) is 14.2.